The number of carbonyl (C=O) groups excluding carboxylic acids is 1. The summed E-state index contributed by atoms with van der Waals surface area (Å²) in [6.45, 7) is 2.70. The Morgan fingerprint density at radius 2 is 1.68 bits per heavy atom. The van der Waals surface area contributed by atoms with Crippen molar-refractivity contribution in [3.63, 3.8) is 0 Å². The molecular formula is C26H34F6N4O5. The Morgan fingerprint density at radius 1 is 1.02 bits per heavy atom. The van der Waals surface area contributed by atoms with E-state index in [2.05, 4.69) is 10.4 Å². The van der Waals surface area contributed by atoms with Crippen LogP contribution in [-0.2, 0) is 29.0 Å². The predicted octanol–water partition coefficient (Wildman–Crippen LogP) is 4.86. The Bertz CT molecular complexity index is 1240. The van der Waals surface area contributed by atoms with Gasteiger partial charge >= 0.3 is 24.0 Å². The molecule has 0 saturated carbocycles. The number of benzene rings is 1. The fourth-order valence-corrected chi connectivity index (χ4v) is 3.73. The zero-order valence-corrected chi connectivity index (χ0v) is 22.8. The lowest BCUT2D eigenvalue weighted by molar-refractivity contribution is -0.145. The topological polar surface area (TPSA) is 104 Å². The molecule has 1 aromatic carbocycles. The van der Waals surface area contributed by atoms with Crippen molar-refractivity contribution in [2.24, 2.45) is 0 Å². The molecule has 2 aromatic rings. The highest BCUT2D eigenvalue weighted by atomic mass is 19.4. The van der Waals surface area contributed by atoms with Crippen molar-refractivity contribution < 1.29 is 40.6 Å². The number of hydrogen-bond donors (Lipinski definition) is 1. The van der Waals surface area contributed by atoms with E-state index in [-0.39, 0.29) is 37.5 Å². The van der Waals surface area contributed by atoms with Gasteiger partial charge in [0.25, 0.3) is 5.56 Å². The number of aromatic nitrogens is 3. The summed E-state index contributed by atoms with van der Waals surface area (Å²) in [7, 11) is 0. The molecule has 0 bridgehead atoms. The van der Waals surface area contributed by atoms with Gasteiger partial charge in [0.05, 0.1) is 0 Å². The molecule has 0 aliphatic heterocycles. The maximum Gasteiger partial charge on any atom is 0.389 e. The van der Waals surface area contributed by atoms with E-state index in [0.29, 0.717) is 27.8 Å². The van der Waals surface area contributed by atoms with Gasteiger partial charge in [0.1, 0.15) is 18.5 Å². The van der Waals surface area contributed by atoms with E-state index < -0.39 is 62.4 Å². The highest BCUT2D eigenvalue weighted by Gasteiger charge is 2.28. The molecule has 0 aliphatic rings. The van der Waals surface area contributed by atoms with E-state index in [1.807, 2.05) is 6.07 Å². The van der Waals surface area contributed by atoms with Gasteiger partial charge in [-0.1, -0.05) is 19.1 Å². The number of esters is 1. The lowest BCUT2D eigenvalue weighted by atomic mass is 10.1. The van der Waals surface area contributed by atoms with Gasteiger partial charge in [-0.3, -0.25) is 14.2 Å². The lowest BCUT2D eigenvalue weighted by Crippen LogP contribution is -2.43. The van der Waals surface area contributed by atoms with Crippen molar-refractivity contribution in [1.29, 1.82) is 0 Å². The van der Waals surface area contributed by atoms with Crippen molar-refractivity contribution in [1.82, 2.24) is 14.3 Å². The van der Waals surface area contributed by atoms with Crippen molar-refractivity contribution in [2.45, 2.75) is 90.3 Å². The normalized spacial score (nSPS) is 12.7. The number of aryl methyl sites for hydroxylation is 2. The molecule has 1 atom stereocenters. The number of alkyl halides is 6. The van der Waals surface area contributed by atoms with Crippen molar-refractivity contribution >= 4 is 11.8 Å². The van der Waals surface area contributed by atoms with Gasteiger partial charge in [-0.25, -0.2) is 9.48 Å². The fourth-order valence-electron chi connectivity index (χ4n) is 3.73. The summed E-state index contributed by atoms with van der Waals surface area (Å²) in [4.78, 5) is 36.7. The molecule has 0 spiro atoms. The third-order valence-electron chi connectivity index (χ3n) is 5.73. The van der Waals surface area contributed by atoms with Crippen LogP contribution in [0.2, 0.25) is 0 Å². The fraction of sp³-hybridized carbons (Fsp3) is 0.615. The lowest BCUT2D eigenvalue weighted by Gasteiger charge is -2.15. The number of nitrogens with zero attached hydrogens (tertiary/aromatic N) is 3. The van der Waals surface area contributed by atoms with Crippen LogP contribution in [0.3, 0.4) is 0 Å². The Hall–Kier alpha value is -3.52. The van der Waals surface area contributed by atoms with E-state index in [1.165, 1.54) is 0 Å². The minimum atomic E-state index is -4.49. The minimum absolute atomic E-state index is 0.0971. The Morgan fingerprint density at radius 3 is 2.32 bits per heavy atom. The molecule has 1 N–H and O–H groups in total. The maximum atomic E-state index is 12.8. The smallest absolute Gasteiger partial charge is 0.389 e. The van der Waals surface area contributed by atoms with Crippen LogP contribution < -0.4 is 21.3 Å². The molecule has 1 unspecified atom stereocenters. The van der Waals surface area contributed by atoms with Crippen LogP contribution in [0.5, 0.6) is 5.75 Å². The maximum absolute atomic E-state index is 12.8. The third kappa shape index (κ3) is 12.7. The molecular weight excluding hydrogens is 562 g/mol. The number of hydrogen-bond acceptors (Lipinski definition) is 7. The number of anilines is 1. The van der Waals surface area contributed by atoms with Gasteiger partial charge in [0.15, 0.2) is 0 Å². The molecule has 2 rings (SSSR count). The highest BCUT2D eigenvalue weighted by Crippen LogP contribution is 2.22. The summed E-state index contributed by atoms with van der Waals surface area (Å²) >= 11 is 0. The van der Waals surface area contributed by atoms with Crippen LogP contribution in [0.25, 0.3) is 0 Å². The van der Waals surface area contributed by atoms with E-state index >= 15 is 0 Å². The highest BCUT2D eigenvalue weighted by molar-refractivity contribution is 5.68. The van der Waals surface area contributed by atoms with Crippen LogP contribution >= 0.6 is 0 Å². The summed E-state index contributed by atoms with van der Waals surface area (Å²) in [5.74, 6) is -0.109. The average Bonchev–Trinajstić information content (AvgIpc) is 2.88. The van der Waals surface area contributed by atoms with E-state index in [4.69, 9.17) is 9.47 Å². The van der Waals surface area contributed by atoms with Gasteiger partial charge in [0.2, 0.25) is 5.82 Å². The summed E-state index contributed by atoms with van der Waals surface area (Å²) in [5.41, 5.74) is -1.13. The van der Waals surface area contributed by atoms with Crippen molar-refractivity contribution in [3.8, 4) is 5.75 Å². The molecule has 0 amide bonds. The zero-order valence-electron chi connectivity index (χ0n) is 22.8. The molecule has 1 aromatic heterocycles. The van der Waals surface area contributed by atoms with Crippen molar-refractivity contribution in [2.75, 3.05) is 18.5 Å². The largest absolute Gasteiger partial charge is 0.487 e. The van der Waals surface area contributed by atoms with Crippen molar-refractivity contribution in [3.05, 3.63) is 50.7 Å². The molecule has 0 fully saturated rings. The van der Waals surface area contributed by atoms with E-state index in [9.17, 15) is 40.7 Å². The molecule has 15 heteroatoms. The summed E-state index contributed by atoms with van der Waals surface area (Å²) in [6, 6.07) is 7.17. The molecule has 0 aliphatic carbocycles. The van der Waals surface area contributed by atoms with Crippen LogP contribution in [0.15, 0.2) is 33.9 Å². The molecule has 1 heterocycles. The van der Waals surface area contributed by atoms with Gasteiger partial charge in [-0.15, -0.1) is 5.10 Å². The average molecular weight is 597 g/mol. The SMILES string of the molecule is CCC(=O)OCC(C)Oc1cccc(CCCNc2nn(CCCC(F)(F)F)c(=O)n(CCCC(F)(F)F)c2=O)c1. The number of ether oxygens (including phenoxy) is 2. The van der Waals surface area contributed by atoms with Crippen LogP contribution in [0.4, 0.5) is 32.2 Å². The summed E-state index contributed by atoms with van der Waals surface area (Å²) in [5, 5.41) is 6.61. The number of rotatable bonds is 16. The molecule has 230 valence electrons. The minimum Gasteiger partial charge on any atom is -0.487 e. The molecule has 9 nitrogen and oxygen atoms in total. The summed E-state index contributed by atoms with van der Waals surface area (Å²) < 4.78 is 87.5. The first-order chi connectivity index (χ1) is 19.2. The number of carbonyl (C=O) groups is 1. The monoisotopic (exact) mass is 596 g/mol. The van der Waals surface area contributed by atoms with Gasteiger partial charge in [-0.05, 0) is 50.3 Å². The molecule has 0 radical (unpaired) electrons. The molecule has 0 saturated heterocycles. The van der Waals surface area contributed by atoms with E-state index in [1.54, 1.807) is 32.0 Å². The first-order valence-corrected chi connectivity index (χ1v) is 13.2. The second-order valence-electron chi connectivity index (χ2n) is 9.39. The number of halogens is 6. The first-order valence-electron chi connectivity index (χ1n) is 13.2. The third-order valence-corrected chi connectivity index (χ3v) is 5.73. The van der Waals surface area contributed by atoms with Crippen LogP contribution in [0.1, 0.15) is 57.9 Å². The van der Waals surface area contributed by atoms with Crippen LogP contribution in [-0.4, -0.2) is 51.9 Å². The predicted molar refractivity (Wildman–Crippen MR) is 138 cm³/mol. The Balaban J connectivity index is 2.05. The van der Waals surface area contributed by atoms with Gasteiger partial charge in [-0.2, -0.15) is 26.3 Å². The van der Waals surface area contributed by atoms with Gasteiger partial charge < -0.3 is 14.8 Å². The Labute approximate surface area is 232 Å². The molecule has 41 heavy (non-hydrogen) atoms. The number of nitrogens with one attached hydrogen (secondary N) is 1. The van der Waals surface area contributed by atoms with Gasteiger partial charge in [0, 0.05) is 38.9 Å². The summed E-state index contributed by atoms with van der Waals surface area (Å²) in [6.07, 6.45) is -11.6. The van der Waals surface area contributed by atoms with E-state index in [0.717, 1.165) is 5.56 Å². The quantitative estimate of drug-likeness (QED) is 0.168. The second-order valence-corrected chi connectivity index (χ2v) is 9.39. The Kier molecular flexibility index (Phi) is 12.7. The zero-order chi connectivity index (χ0) is 30.6. The standard InChI is InChI=1S/C26H34F6N4O5/c1-3-21(37)40-17-18(2)41-20-10-4-8-19(16-20)9-5-13-33-22-23(38)35(14-6-11-25(27,28)29)24(39)36(34-22)15-7-12-26(30,31)32/h4,8,10,16,18H,3,5-7,9,11-15,17H2,1-2H3,(H,33,34). The first kappa shape index (κ1) is 33.7. The second kappa shape index (κ2) is 15.5. The van der Waals surface area contributed by atoms with Crippen LogP contribution in [0, 0.1) is 0 Å².